The van der Waals surface area contributed by atoms with E-state index in [9.17, 15) is 4.79 Å². The van der Waals surface area contributed by atoms with Gasteiger partial charge in [0.2, 0.25) is 5.91 Å². The van der Waals surface area contributed by atoms with Crippen molar-refractivity contribution in [2.45, 2.75) is 44.1 Å². The molecule has 1 N–H and O–H groups in total. The number of amides is 1. The molecule has 1 aliphatic heterocycles. The molecule has 1 aromatic rings. The average Bonchev–Trinajstić information content (AvgIpc) is 2.91. The zero-order valence-electron chi connectivity index (χ0n) is 12.4. The predicted octanol–water partition coefficient (Wildman–Crippen LogP) is 3.47. The minimum atomic E-state index is -0.242. The highest BCUT2D eigenvalue weighted by Crippen LogP contribution is 2.37. The van der Waals surface area contributed by atoms with Crippen molar-refractivity contribution in [3.63, 3.8) is 0 Å². The van der Waals surface area contributed by atoms with Crippen LogP contribution in [0.4, 0.5) is 0 Å². The Labute approximate surface area is 131 Å². The van der Waals surface area contributed by atoms with Crippen molar-refractivity contribution in [2.75, 3.05) is 12.5 Å². The fraction of sp³-hybridized carbons (Fsp3) is 0.588. The van der Waals surface area contributed by atoms with E-state index >= 15 is 0 Å². The van der Waals surface area contributed by atoms with Crippen LogP contribution in [0.25, 0.3) is 0 Å². The summed E-state index contributed by atoms with van der Waals surface area (Å²) in [4.78, 5) is 12.7. The lowest BCUT2D eigenvalue weighted by molar-refractivity contribution is -0.125. The summed E-state index contributed by atoms with van der Waals surface area (Å²) < 4.78 is 5.62. The normalized spacial score (nSPS) is 31.3. The molecule has 0 aromatic heterocycles. The van der Waals surface area contributed by atoms with Crippen molar-refractivity contribution in [1.29, 1.82) is 0 Å². The van der Waals surface area contributed by atoms with Gasteiger partial charge in [-0.3, -0.25) is 4.79 Å². The van der Waals surface area contributed by atoms with Crippen LogP contribution in [0.15, 0.2) is 24.3 Å². The third-order valence-corrected chi connectivity index (χ3v) is 5.26. The van der Waals surface area contributed by atoms with E-state index < -0.39 is 0 Å². The molecule has 3 nitrogen and oxygen atoms in total. The summed E-state index contributed by atoms with van der Waals surface area (Å²) in [6, 6.07) is 7.78. The van der Waals surface area contributed by atoms with E-state index in [1.807, 2.05) is 24.3 Å². The number of alkyl halides is 1. The number of nitrogens with one attached hydrogen (secondary N) is 1. The average molecular weight is 308 g/mol. The lowest BCUT2D eigenvalue weighted by Gasteiger charge is -2.40. The summed E-state index contributed by atoms with van der Waals surface area (Å²) in [5, 5.41) is 3.24. The molecule has 1 aliphatic carbocycles. The second-order valence-electron chi connectivity index (χ2n) is 6.51. The Balaban J connectivity index is 1.74. The van der Waals surface area contributed by atoms with Crippen LogP contribution in [0.3, 0.4) is 0 Å². The van der Waals surface area contributed by atoms with Crippen molar-refractivity contribution >= 4 is 17.5 Å². The van der Waals surface area contributed by atoms with Crippen molar-refractivity contribution in [2.24, 2.45) is 5.92 Å². The third-order valence-electron chi connectivity index (χ3n) is 4.75. The van der Waals surface area contributed by atoms with Crippen LogP contribution >= 0.6 is 11.6 Å². The molecule has 0 bridgehead atoms. The highest BCUT2D eigenvalue weighted by molar-refractivity contribution is 6.18. The molecule has 0 saturated heterocycles. The van der Waals surface area contributed by atoms with E-state index in [-0.39, 0.29) is 17.4 Å². The van der Waals surface area contributed by atoms with Crippen LogP contribution in [0, 0.1) is 5.92 Å². The molecule has 4 heteroatoms. The van der Waals surface area contributed by atoms with E-state index in [0.29, 0.717) is 18.4 Å². The number of benzene rings is 1. The van der Waals surface area contributed by atoms with Crippen molar-refractivity contribution in [3.05, 3.63) is 29.8 Å². The quantitative estimate of drug-likeness (QED) is 0.868. The van der Waals surface area contributed by atoms with Gasteiger partial charge in [-0.25, -0.2) is 0 Å². The summed E-state index contributed by atoms with van der Waals surface area (Å²) in [6.45, 7) is 2.67. The van der Waals surface area contributed by atoms with Crippen LogP contribution in [-0.2, 0) is 4.79 Å². The summed E-state index contributed by atoms with van der Waals surface area (Å²) in [6.07, 6.45) is 4.30. The van der Waals surface area contributed by atoms with Crippen LogP contribution in [0.2, 0.25) is 0 Å². The number of rotatable bonds is 3. The highest BCUT2D eigenvalue weighted by atomic mass is 35.5. The molecule has 1 saturated carbocycles. The van der Waals surface area contributed by atoms with Crippen LogP contribution in [0.1, 0.15) is 44.1 Å². The van der Waals surface area contributed by atoms with E-state index in [2.05, 4.69) is 12.2 Å². The largest absolute Gasteiger partial charge is 0.492 e. The first-order chi connectivity index (χ1) is 10.1. The monoisotopic (exact) mass is 307 g/mol. The number of carbonyl (C=O) groups excluding carboxylic acids is 1. The zero-order valence-corrected chi connectivity index (χ0v) is 13.2. The minimum Gasteiger partial charge on any atom is -0.492 e. The summed E-state index contributed by atoms with van der Waals surface area (Å²) >= 11 is 6.21. The molecule has 1 amide bonds. The number of carbonyl (C=O) groups is 1. The Morgan fingerprint density at radius 2 is 2.29 bits per heavy atom. The predicted molar refractivity (Wildman–Crippen MR) is 83.9 cm³/mol. The van der Waals surface area contributed by atoms with Gasteiger partial charge in [-0.05, 0) is 24.8 Å². The molecular formula is C17H22ClNO2. The first-order valence-corrected chi connectivity index (χ1v) is 8.27. The van der Waals surface area contributed by atoms with Gasteiger partial charge in [-0.2, -0.15) is 0 Å². The van der Waals surface area contributed by atoms with Crippen molar-refractivity contribution < 1.29 is 9.53 Å². The molecule has 21 heavy (non-hydrogen) atoms. The maximum Gasteiger partial charge on any atom is 0.231 e. The van der Waals surface area contributed by atoms with E-state index in [1.165, 1.54) is 6.42 Å². The molecule has 0 spiro atoms. The van der Waals surface area contributed by atoms with Gasteiger partial charge in [0, 0.05) is 11.4 Å². The second kappa shape index (κ2) is 5.88. The number of hydrogen-bond acceptors (Lipinski definition) is 2. The smallest absolute Gasteiger partial charge is 0.231 e. The van der Waals surface area contributed by atoms with Gasteiger partial charge in [0.25, 0.3) is 0 Å². The van der Waals surface area contributed by atoms with E-state index in [0.717, 1.165) is 30.6 Å². The second-order valence-corrected chi connectivity index (χ2v) is 6.77. The molecular weight excluding hydrogens is 286 g/mol. The molecule has 1 fully saturated rings. The van der Waals surface area contributed by atoms with Gasteiger partial charge in [-0.15, -0.1) is 11.6 Å². The molecule has 1 aromatic carbocycles. The van der Waals surface area contributed by atoms with Crippen LogP contribution in [-0.4, -0.2) is 23.9 Å². The maximum atomic E-state index is 12.7. The molecule has 2 aliphatic rings. The SMILES string of the molecule is CC1CCCC(CCl)(NC(=O)C2COc3ccccc32)C1. The van der Waals surface area contributed by atoms with Crippen molar-refractivity contribution in [1.82, 2.24) is 5.32 Å². The Bertz CT molecular complexity index is 533. The third kappa shape index (κ3) is 2.89. The van der Waals surface area contributed by atoms with Crippen LogP contribution in [0.5, 0.6) is 5.75 Å². The Morgan fingerprint density at radius 1 is 1.48 bits per heavy atom. The number of halogens is 1. The summed E-state index contributed by atoms with van der Waals surface area (Å²) in [5.41, 5.74) is 0.747. The highest BCUT2D eigenvalue weighted by Gasteiger charge is 2.39. The zero-order chi connectivity index (χ0) is 14.9. The fourth-order valence-electron chi connectivity index (χ4n) is 3.66. The van der Waals surface area contributed by atoms with E-state index in [4.69, 9.17) is 16.3 Å². The number of hydrogen-bond donors (Lipinski definition) is 1. The molecule has 1 heterocycles. The lowest BCUT2D eigenvalue weighted by Crippen LogP contribution is -2.54. The molecule has 3 unspecified atom stereocenters. The molecule has 3 rings (SSSR count). The number of para-hydroxylation sites is 1. The Morgan fingerprint density at radius 3 is 3.05 bits per heavy atom. The van der Waals surface area contributed by atoms with E-state index in [1.54, 1.807) is 0 Å². The standard InChI is InChI=1S/C17H22ClNO2/c1-12-5-4-8-17(9-12,11-18)19-16(20)14-10-21-15-7-3-2-6-13(14)15/h2-3,6-7,12,14H,4-5,8-11H2,1H3,(H,19,20). The first-order valence-electron chi connectivity index (χ1n) is 7.73. The topological polar surface area (TPSA) is 38.3 Å². The first kappa shape index (κ1) is 14.7. The van der Waals surface area contributed by atoms with Crippen molar-refractivity contribution in [3.8, 4) is 5.75 Å². The summed E-state index contributed by atoms with van der Waals surface area (Å²) in [7, 11) is 0. The Hall–Kier alpha value is -1.22. The minimum absolute atomic E-state index is 0.0506. The number of ether oxygens (including phenoxy) is 1. The van der Waals surface area contributed by atoms with Gasteiger partial charge in [-0.1, -0.05) is 38.0 Å². The number of fused-ring (bicyclic) bond motifs is 1. The van der Waals surface area contributed by atoms with Gasteiger partial charge >= 0.3 is 0 Å². The molecule has 0 radical (unpaired) electrons. The molecule has 114 valence electrons. The molecule has 3 atom stereocenters. The fourth-order valence-corrected chi connectivity index (χ4v) is 3.97. The lowest BCUT2D eigenvalue weighted by atomic mass is 9.77. The maximum absolute atomic E-state index is 12.7. The van der Waals surface area contributed by atoms with Gasteiger partial charge in [0.05, 0.1) is 5.54 Å². The van der Waals surface area contributed by atoms with Gasteiger partial charge in [0.1, 0.15) is 18.3 Å². The van der Waals surface area contributed by atoms with Crippen LogP contribution < -0.4 is 10.1 Å². The van der Waals surface area contributed by atoms with Gasteiger partial charge in [0.15, 0.2) is 0 Å². The Kier molecular flexibility index (Phi) is 4.12. The summed E-state index contributed by atoms with van der Waals surface area (Å²) in [5.74, 6) is 1.77. The van der Waals surface area contributed by atoms with Gasteiger partial charge < -0.3 is 10.1 Å².